The largest absolute Gasteiger partial charge is 0.469 e. The van der Waals surface area contributed by atoms with Crippen molar-refractivity contribution in [3.8, 4) is 0 Å². The summed E-state index contributed by atoms with van der Waals surface area (Å²) in [4.78, 5) is 10.3. The molecule has 0 heterocycles. The molecule has 1 aromatic carbocycles. The smallest absolute Gasteiger partial charge is 0.416 e. The average Bonchev–Trinajstić information content (AvgIpc) is 2.50. The molecule has 0 fully saturated rings. The van der Waals surface area contributed by atoms with Crippen LogP contribution in [0.4, 0.5) is 17.6 Å². The zero-order chi connectivity index (χ0) is 18.7. The maximum Gasteiger partial charge on any atom is 0.416 e. The highest BCUT2D eigenvalue weighted by atomic mass is 32.2. The molecule has 24 heavy (non-hydrogen) atoms. The number of halogens is 4. The standard InChI is InChI=1S/C14H17F4NO4S/c1-4-19(8-9(2)13(20)23-3)24(21,22)12-7-10(14(16,17)18)5-6-11(12)15/h5-7,9H,4,8H2,1-3H3. The number of hydrogen-bond acceptors (Lipinski definition) is 4. The highest BCUT2D eigenvalue weighted by Gasteiger charge is 2.35. The van der Waals surface area contributed by atoms with E-state index in [1.54, 1.807) is 0 Å². The zero-order valence-corrected chi connectivity index (χ0v) is 14.0. The SMILES string of the molecule is CCN(CC(C)C(=O)OC)S(=O)(=O)c1cc(C(F)(F)F)ccc1F. The van der Waals surface area contributed by atoms with Gasteiger partial charge in [-0.1, -0.05) is 13.8 Å². The van der Waals surface area contributed by atoms with E-state index in [0.29, 0.717) is 12.1 Å². The summed E-state index contributed by atoms with van der Waals surface area (Å²) in [6.45, 7) is 2.32. The highest BCUT2D eigenvalue weighted by Crippen LogP contribution is 2.32. The van der Waals surface area contributed by atoms with E-state index in [-0.39, 0.29) is 19.2 Å². The molecular weight excluding hydrogens is 354 g/mol. The maximum atomic E-state index is 13.8. The van der Waals surface area contributed by atoms with Crippen LogP contribution in [0.1, 0.15) is 19.4 Å². The van der Waals surface area contributed by atoms with Crippen molar-refractivity contribution in [3.05, 3.63) is 29.6 Å². The predicted octanol–water partition coefficient (Wildman–Crippen LogP) is 2.66. The van der Waals surface area contributed by atoms with Crippen LogP contribution in [0.15, 0.2) is 23.1 Å². The normalized spacial score (nSPS) is 13.8. The van der Waals surface area contributed by atoms with E-state index in [4.69, 9.17) is 0 Å². The van der Waals surface area contributed by atoms with Crippen LogP contribution in [0.3, 0.4) is 0 Å². The summed E-state index contributed by atoms with van der Waals surface area (Å²) in [6, 6.07) is 1.16. The Morgan fingerprint density at radius 2 is 1.92 bits per heavy atom. The van der Waals surface area contributed by atoms with Gasteiger partial charge in [0.1, 0.15) is 10.7 Å². The lowest BCUT2D eigenvalue weighted by Gasteiger charge is -2.23. The molecule has 10 heteroatoms. The van der Waals surface area contributed by atoms with Gasteiger partial charge in [-0.2, -0.15) is 17.5 Å². The van der Waals surface area contributed by atoms with Crippen LogP contribution in [0.25, 0.3) is 0 Å². The first kappa shape index (κ1) is 20.4. The van der Waals surface area contributed by atoms with E-state index in [2.05, 4.69) is 4.74 Å². The minimum Gasteiger partial charge on any atom is -0.469 e. The number of rotatable bonds is 6. The van der Waals surface area contributed by atoms with Gasteiger partial charge in [-0.3, -0.25) is 4.79 Å². The van der Waals surface area contributed by atoms with Crippen molar-refractivity contribution < 1.29 is 35.5 Å². The fourth-order valence-corrected chi connectivity index (χ4v) is 3.62. The number of hydrogen-bond donors (Lipinski definition) is 0. The minimum atomic E-state index is -4.81. The maximum absolute atomic E-state index is 13.8. The van der Waals surface area contributed by atoms with Gasteiger partial charge >= 0.3 is 12.1 Å². The molecule has 0 spiro atoms. The van der Waals surface area contributed by atoms with Crippen molar-refractivity contribution in [1.82, 2.24) is 4.31 Å². The second-order valence-electron chi connectivity index (χ2n) is 5.02. The van der Waals surface area contributed by atoms with Gasteiger partial charge in [-0.05, 0) is 18.2 Å². The summed E-state index contributed by atoms with van der Waals surface area (Å²) < 4.78 is 82.2. The summed E-state index contributed by atoms with van der Waals surface area (Å²) >= 11 is 0. The Hall–Kier alpha value is -1.68. The number of carbonyl (C=O) groups excluding carboxylic acids is 1. The van der Waals surface area contributed by atoms with Gasteiger partial charge in [-0.25, -0.2) is 12.8 Å². The number of benzene rings is 1. The van der Waals surface area contributed by atoms with Crippen molar-refractivity contribution in [2.45, 2.75) is 24.9 Å². The number of sulfonamides is 1. The summed E-state index contributed by atoms with van der Waals surface area (Å²) in [6.07, 6.45) is -4.81. The molecular formula is C14H17F4NO4S. The van der Waals surface area contributed by atoms with E-state index in [1.165, 1.54) is 13.8 Å². The number of esters is 1. The zero-order valence-electron chi connectivity index (χ0n) is 13.2. The topological polar surface area (TPSA) is 63.7 Å². The molecule has 1 atom stereocenters. The van der Waals surface area contributed by atoms with E-state index in [0.717, 1.165) is 11.4 Å². The summed E-state index contributed by atoms with van der Waals surface area (Å²) in [5.41, 5.74) is -1.28. The van der Waals surface area contributed by atoms with E-state index in [1.807, 2.05) is 0 Å². The molecule has 1 aromatic rings. The number of alkyl halides is 3. The molecule has 1 rings (SSSR count). The summed E-state index contributed by atoms with van der Waals surface area (Å²) in [5.74, 6) is -2.85. The third kappa shape index (κ3) is 4.44. The first-order valence-corrected chi connectivity index (χ1v) is 8.33. The molecule has 1 unspecified atom stereocenters. The Bertz CT molecular complexity index is 703. The van der Waals surface area contributed by atoms with Gasteiger partial charge in [0.05, 0.1) is 18.6 Å². The van der Waals surface area contributed by atoms with Gasteiger partial charge < -0.3 is 4.74 Å². The van der Waals surface area contributed by atoms with Gasteiger partial charge in [0.15, 0.2) is 0 Å². The quantitative estimate of drug-likeness (QED) is 0.570. The van der Waals surface area contributed by atoms with Crippen molar-refractivity contribution >= 4 is 16.0 Å². The Kier molecular flexibility index (Phi) is 6.34. The van der Waals surface area contributed by atoms with Crippen LogP contribution in [0, 0.1) is 11.7 Å². The molecule has 0 aliphatic heterocycles. The lowest BCUT2D eigenvalue weighted by atomic mass is 10.2. The Morgan fingerprint density at radius 1 is 1.33 bits per heavy atom. The molecule has 0 saturated carbocycles. The van der Waals surface area contributed by atoms with Crippen molar-refractivity contribution in [3.63, 3.8) is 0 Å². The van der Waals surface area contributed by atoms with Crippen LogP contribution in [-0.4, -0.2) is 38.9 Å². The number of nitrogens with zero attached hydrogens (tertiary/aromatic N) is 1. The fraction of sp³-hybridized carbons (Fsp3) is 0.500. The number of carbonyl (C=O) groups is 1. The van der Waals surface area contributed by atoms with E-state index >= 15 is 0 Å². The van der Waals surface area contributed by atoms with Gasteiger partial charge in [0, 0.05) is 13.1 Å². The molecule has 0 aliphatic carbocycles. The third-order valence-corrected chi connectivity index (χ3v) is 5.27. The summed E-state index contributed by atoms with van der Waals surface area (Å²) in [5, 5.41) is 0. The fourth-order valence-electron chi connectivity index (χ4n) is 1.99. The first-order chi connectivity index (χ1) is 10.9. The van der Waals surface area contributed by atoms with Crippen LogP contribution in [0.2, 0.25) is 0 Å². The molecule has 0 amide bonds. The number of methoxy groups -OCH3 is 1. The van der Waals surface area contributed by atoms with Crippen LogP contribution < -0.4 is 0 Å². The minimum absolute atomic E-state index is 0.153. The van der Waals surface area contributed by atoms with Crippen molar-refractivity contribution in [1.29, 1.82) is 0 Å². The second-order valence-corrected chi connectivity index (χ2v) is 6.93. The van der Waals surface area contributed by atoms with Crippen LogP contribution >= 0.6 is 0 Å². The monoisotopic (exact) mass is 371 g/mol. The first-order valence-electron chi connectivity index (χ1n) is 6.89. The molecule has 136 valence electrons. The lowest BCUT2D eigenvalue weighted by Crippen LogP contribution is -2.37. The lowest BCUT2D eigenvalue weighted by molar-refractivity contribution is -0.145. The van der Waals surface area contributed by atoms with Crippen molar-refractivity contribution in [2.24, 2.45) is 5.92 Å². The molecule has 0 aliphatic rings. The van der Waals surface area contributed by atoms with E-state index < -0.39 is 44.4 Å². The Balaban J connectivity index is 3.29. The van der Waals surface area contributed by atoms with Crippen LogP contribution in [0.5, 0.6) is 0 Å². The average molecular weight is 371 g/mol. The molecule has 5 nitrogen and oxygen atoms in total. The molecule has 0 saturated heterocycles. The van der Waals surface area contributed by atoms with Gasteiger partial charge in [0.25, 0.3) is 0 Å². The van der Waals surface area contributed by atoms with E-state index in [9.17, 15) is 30.8 Å². The molecule has 0 bridgehead atoms. The highest BCUT2D eigenvalue weighted by molar-refractivity contribution is 7.89. The third-order valence-electron chi connectivity index (χ3n) is 3.31. The van der Waals surface area contributed by atoms with Gasteiger partial charge in [-0.15, -0.1) is 0 Å². The molecule has 0 radical (unpaired) electrons. The Morgan fingerprint density at radius 3 is 2.38 bits per heavy atom. The molecule has 0 aromatic heterocycles. The van der Waals surface area contributed by atoms with Gasteiger partial charge in [0.2, 0.25) is 10.0 Å². The second kappa shape index (κ2) is 7.47. The number of ether oxygens (including phenoxy) is 1. The van der Waals surface area contributed by atoms with Crippen molar-refractivity contribution in [2.75, 3.05) is 20.2 Å². The predicted molar refractivity (Wildman–Crippen MR) is 77.0 cm³/mol. The Labute approximate surface area is 137 Å². The van der Waals surface area contributed by atoms with Crippen LogP contribution in [-0.2, 0) is 25.7 Å². The molecule has 0 N–H and O–H groups in total. The summed E-state index contributed by atoms with van der Waals surface area (Å²) in [7, 11) is -3.43.